The second kappa shape index (κ2) is 6.67. The van der Waals surface area contributed by atoms with Crippen molar-refractivity contribution >= 4 is 5.97 Å². The van der Waals surface area contributed by atoms with E-state index in [1.807, 2.05) is 25.1 Å². The molecule has 3 heteroatoms. The molecule has 0 saturated carbocycles. The van der Waals surface area contributed by atoms with E-state index < -0.39 is 0 Å². The van der Waals surface area contributed by atoms with Crippen molar-refractivity contribution in [1.29, 1.82) is 0 Å². The Bertz CT molecular complexity index is 369. The van der Waals surface area contributed by atoms with Crippen LogP contribution < -0.4 is 4.74 Å². The van der Waals surface area contributed by atoms with Crippen LogP contribution in [0.15, 0.2) is 36.4 Å². The first kappa shape index (κ1) is 12.3. The van der Waals surface area contributed by atoms with Gasteiger partial charge in [0.2, 0.25) is 0 Å². The molecule has 0 aromatic heterocycles. The number of hydrogen-bond acceptors (Lipinski definition) is 3. The monoisotopic (exact) mass is 220 g/mol. The van der Waals surface area contributed by atoms with Crippen LogP contribution in [0.1, 0.15) is 24.2 Å². The summed E-state index contributed by atoms with van der Waals surface area (Å²) in [6, 6.07) is 6.98. The smallest absolute Gasteiger partial charge is 0.338 e. The summed E-state index contributed by atoms with van der Waals surface area (Å²) in [5.74, 6) is 0.350. The van der Waals surface area contributed by atoms with Gasteiger partial charge in [0.25, 0.3) is 0 Å². The molecule has 3 nitrogen and oxygen atoms in total. The minimum Gasteiger partial charge on any atom is -0.490 e. The molecule has 0 N–H and O–H groups in total. The number of esters is 1. The number of ether oxygens (including phenoxy) is 2. The Kier molecular flexibility index (Phi) is 5.12. The standard InChI is InChI=1S/C13H16O3/c1-3-5-9-16-12-8-6-7-11(10-12)13(14)15-4-2/h3,5-8,10H,4,9H2,1-2H3. The summed E-state index contributed by atoms with van der Waals surface area (Å²) in [7, 11) is 0. The van der Waals surface area contributed by atoms with Crippen LogP contribution in [-0.4, -0.2) is 19.2 Å². The molecule has 0 aliphatic rings. The predicted molar refractivity (Wildman–Crippen MR) is 62.7 cm³/mol. The lowest BCUT2D eigenvalue weighted by atomic mass is 10.2. The van der Waals surface area contributed by atoms with Crippen molar-refractivity contribution in [3.63, 3.8) is 0 Å². The molecule has 0 atom stereocenters. The molecule has 0 aliphatic carbocycles. The van der Waals surface area contributed by atoms with Gasteiger partial charge >= 0.3 is 5.97 Å². The average molecular weight is 220 g/mol. The van der Waals surface area contributed by atoms with E-state index in [0.717, 1.165) is 0 Å². The number of carbonyl (C=O) groups excluding carboxylic acids is 1. The van der Waals surface area contributed by atoms with Gasteiger partial charge in [-0.05, 0) is 32.0 Å². The second-order valence-electron chi connectivity index (χ2n) is 3.13. The zero-order valence-corrected chi connectivity index (χ0v) is 9.60. The predicted octanol–water partition coefficient (Wildman–Crippen LogP) is 2.82. The van der Waals surface area contributed by atoms with Gasteiger partial charge in [-0.15, -0.1) is 0 Å². The molecule has 0 saturated heterocycles. The van der Waals surface area contributed by atoms with Crippen LogP contribution in [0.3, 0.4) is 0 Å². The summed E-state index contributed by atoms with van der Waals surface area (Å²) < 4.78 is 10.3. The maximum absolute atomic E-state index is 11.4. The first-order chi connectivity index (χ1) is 7.77. The molecule has 86 valence electrons. The zero-order chi connectivity index (χ0) is 11.8. The molecule has 0 bridgehead atoms. The number of benzene rings is 1. The molecule has 1 aromatic rings. The molecule has 1 rings (SSSR count). The van der Waals surface area contributed by atoms with E-state index >= 15 is 0 Å². The topological polar surface area (TPSA) is 35.5 Å². The third kappa shape index (κ3) is 3.77. The summed E-state index contributed by atoms with van der Waals surface area (Å²) in [6.07, 6.45) is 3.81. The Hall–Kier alpha value is -1.77. The Morgan fingerprint density at radius 1 is 1.44 bits per heavy atom. The molecule has 0 radical (unpaired) electrons. The Labute approximate surface area is 95.7 Å². The first-order valence-corrected chi connectivity index (χ1v) is 5.29. The minimum absolute atomic E-state index is 0.320. The fourth-order valence-electron chi connectivity index (χ4n) is 1.17. The van der Waals surface area contributed by atoms with Crippen molar-refractivity contribution in [3.05, 3.63) is 42.0 Å². The van der Waals surface area contributed by atoms with Gasteiger partial charge in [-0.3, -0.25) is 0 Å². The number of carbonyl (C=O) groups is 1. The molecule has 1 aromatic carbocycles. The van der Waals surface area contributed by atoms with E-state index in [1.165, 1.54) is 0 Å². The van der Waals surface area contributed by atoms with Crippen LogP contribution in [0.5, 0.6) is 5.75 Å². The summed E-state index contributed by atoms with van der Waals surface area (Å²) in [5.41, 5.74) is 0.514. The number of allylic oxidation sites excluding steroid dienone is 1. The van der Waals surface area contributed by atoms with Crippen molar-refractivity contribution in [3.8, 4) is 5.75 Å². The van der Waals surface area contributed by atoms with Gasteiger partial charge in [-0.1, -0.05) is 18.2 Å². The van der Waals surface area contributed by atoms with Crippen LogP contribution >= 0.6 is 0 Å². The molecule has 0 fully saturated rings. The lowest BCUT2D eigenvalue weighted by Gasteiger charge is -2.05. The molecule has 0 heterocycles. The molecular formula is C13H16O3. The normalized spacial score (nSPS) is 10.4. The van der Waals surface area contributed by atoms with Crippen LogP contribution in [0, 0.1) is 0 Å². The highest BCUT2D eigenvalue weighted by Crippen LogP contribution is 2.14. The van der Waals surface area contributed by atoms with Gasteiger partial charge < -0.3 is 9.47 Å². The maximum atomic E-state index is 11.4. The highest BCUT2D eigenvalue weighted by molar-refractivity contribution is 5.89. The van der Waals surface area contributed by atoms with Gasteiger partial charge in [0.15, 0.2) is 0 Å². The van der Waals surface area contributed by atoms with E-state index in [1.54, 1.807) is 25.1 Å². The SMILES string of the molecule is CC=CCOc1cccc(C(=O)OCC)c1. The van der Waals surface area contributed by atoms with E-state index in [2.05, 4.69) is 0 Å². The molecule has 0 aliphatic heterocycles. The second-order valence-corrected chi connectivity index (χ2v) is 3.13. The van der Waals surface area contributed by atoms with Gasteiger partial charge in [-0.2, -0.15) is 0 Å². The van der Waals surface area contributed by atoms with Crippen molar-refractivity contribution in [2.24, 2.45) is 0 Å². The molecular weight excluding hydrogens is 204 g/mol. The van der Waals surface area contributed by atoms with Crippen molar-refractivity contribution < 1.29 is 14.3 Å². The third-order valence-corrected chi connectivity index (χ3v) is 1.93. The van der Waals surface area contributed by atoms with Gasteiger partial charge in [0.05, 0.1) is 12.2 Å². The lowest BCUT2D eigenvalue weighted by molar-refractivity contribution is 0.0526. The van der Waals surface area contributed by atoms with Crippen molar-refractivity contribution in [2.75, 3.05) is 13.2 Å². The highest BCUT2D eigenvalue weighted by atomic mass is 16.5. The lowest BCUT2D eigenvalue weighted by Crippen LogP contribution is -2.04. The Morgan fingerprint density at radius 3 is 2.94 bits per heavy atom. The number of rotatable bonds is 5. The van der Waals surface area contributed by atoms with Crippen molar-refractivity contribution in [2.45, 2.75) is 13.8 Å². The van der Waals surface area contributed by atoms with E-state index in [4.69, 9.17) is 9.47 Å². The van der Waals surface area contributed by atoms with E-state index in [9.17, 15) is 4.79 Å². The summed E-state index contributed by atoms with van der Waals surface area (Å²) in [4.78, 5) is 11.4. The largest absolute Gasteiger partial charge is 0.490 e. The van der Waals surface area contributed by atoms with Crippen LogP contribution in [0.2, 0.25) is 0 Å². The molecule has 0 spiro atoms. The highest BCUT2D eigenvalue weighted by Gasteiger charge is 2.06. The fraction of sp³-hybridized carbons (Fsp3) is 0.308. The fourth-order valence-corrected chi connectivity index (χ4v) is 1.17. The van der Waals surface area contributed by atoms with E-state index in [0.29, 0.717) is 24.5 Å². The van der Waals surface area contributed by atoms with Crippen molar-refractivity contribution in [1.82, 2.24) is 0 Å². The average Bonchev–Trinajstić information content (AvgIpc) is 2.30. The first-order valence-electron chi connectivity index (χ1n) is 5.29. The summed E-state index contributed by atoms with van der Waals surface area (Å²) >= 11 is 0. The van der Waals surface area contributed by atoms with Gasteiger partial charge in [-0.25, -0.2) is 4.79 Å². The Balaban J connectivity index is 2.66. The van der Waals surface area contributed by atoms with Gasteiger partial charge in [0.1, 0.15) is 12.4 Å². The molecule has 0 unspecified atom stereocenters. The van der Waals surface area contributed by atoms with Gasteiger partial charge in [0, 0.05) is 0 Å². The van der Waals surface area contributed by atoms with Crippen LogP contribution in [0.25, 0.3) is 0 Å². The van der Waals surface area contributed by atoms with Crippen LogP contribution in [0.4, 0.5) is 0 Å². The summed E-state index contributed by atoms with van der Waals surface area (Å²) in [6.45, 7) is 4.59. The Morgan fingerprint density at radius 2 is 2.25 bits per heavy atom. The van der Waals surface area contributed by atoms with Crippen LogP contribution in [-0.2, 0) is 4.74 Å². The third-order valence-electron chi connectivity index (χ3n) is 1.93. The summed E-state index contributed by atoms with van der Waals surface area (Å²) in [5, 5.41) is 0. The molecule has 16 heavy (non-hydrogen) atoms. The van der Waals surface area contributed by atoms with E-state index in [-0.39, 0.29) is 5.97 Å². The number of hydrogen-bond donors (Lipinski definition) is 0. The quantitative estimate of drug-likeness (QED) is 0.565. The zero-order valence-electron chi connectivity index (χ0n) is 9.60. The minimum atomic E-state index is -0.320. The molecule has 0 amide bonds. The maximum Gasteiger partial charge on any atom is 0.338 e.